The van der Waals surface area contributed by atoms with Gasteiger partial charge in [0.05, 0.1) is 0 Å². The summed E-state index contributed by atoms with van der Waals surface area (Å²) in [5.74, 6) is -0.0165. The molecule has 0 aliphatic carbocycles. The molecular formula is C50H96O6. The van der Waals surface area contributed by atoms with Crippen LogP contribution in [0.2, 0.25) is 0 Å². The van der Waals surface area contributed by atoms with Crippen molar-refractivity contribution in [1.29, 1.82) is 0 Å². The van der Waals surface area contributed by atoms with Gasteiger partial charge in [0, 0.05) is 19.3 Å². The normalized spacial score (nSPS) is 11.9. The molecule has 0 N–H and O–H groups in total. The molecule has 0 rings (SSSR count). The molecule has 0 saturated carbocycles. The van der Waals surface area contributed by atoms with Crippen LogP contribution in [0.25, 0.3) is 0 Å². The molecule has 0 unspecified atom stereocenters. The molecular weight excluding hydrogens is 697 g/mol. The summed E-state index contributed by atoms with van der Waals surface area (Å²) < 4.78 is 16.7. The summed E-state index contributed by atoms with van der Waals surface area (Å²) in [5.41, 5.74) is 0. The predicted molar refractivity (Wildman–Crippen MR) is 238 cm³/mol. The molecule has 0 aromatic heterocycles. The maximum Gasteiger partial charge on any atom is 0.306 e. The molecule has 0 aromatic carbocycles. The Labute approximate surface area is 348 Å². The van der Waals surface area contributed by atoms with E-state index in [2.05, 4.69) is 27.7 Å². The highest BCUT2D eigenvalue weighted by atomic mass is 16.6. The van der Waals surface area contributed by atoms with E-state index in [0.29, 0.717) is 19.3 Å². The zero-order valence-corrected chi connectivity index (χ0v) is 38.1. The number of ether oxygens (including phenoxy) is 3. The monoisotopic (exact) mass is 793 g/mol. The molecule has 332 valence electrons. The largest absolute Gasteiger partial charge is 0.462 e. The molecule has 6 heteroatoms. The van der Waals surface area contributed by atoms with E-state index in [-0.39, 0.29) is 31.1 Å². The van der Waals surface area contributed by atoms with Gasteiger partial charge in [0.1, 0.15) is 13.2 Å². The lowest BCUT2D eigenvalue weighted by Crippen LogP contribution is -2.30. The Morgan fingerprint density at radius 2 is 0.589 bits per heavy atom. The fourth-order valence-electron chi connectivity index (χ4n) is 7.51. The molecule has 0 amide bonds. The van der Waals surface area contributed by atoms with Gasteiger partial charge in [-0.3, -0.25) is 14.4 Å². The lowest BCUT2D eigenvalue weighted by molar-refractivity contribution is -0.167. The number of rotatable bonds is 45. The van der Waals surface area contributed by atoms with Crippen molar-refractivity contribution in [3.05, 3.63) is 0 Å². The Hall–Kier alpha value is -1.59. The van der Waals surface area contributed by atoms with Gasteiger partial charge >= 0.3 is 17.9 Å². The third-order valence-electron chi connectivity index (χ3n) is 11.3. The third-order valence-corrected chi connectivity index (χ3v) is 11.3. The van der Waals surface area contributed by atoms with Crippen molar-refractivity contribution in [1.82, 2.24) is 0 Å². The van der Waals surface area contributed by atoms with Crippen molar-refractivity contribution >= 4 is 17.9 Å². The smallest absolute Gasteiger partial charge is 0.306 e. The van der Waals surface area contributed by atoms with Crippen LogP contribution in [-0.2, 0) is 28.6 Å². The van der Waals surface area contributed by atoms with Crippen LogP contribution in [0.1, 0.15) is 278 Å². The SMILES string of the molecule is CCCCCCCCCCCCCCCCCCC(=O)O[C@H](COC(=O)CCCCCCC)COC(=O)CCCCCCCCCCCCCCCCC(C)C. The van der Waals surface area contributed by atoms with Gasteiger partial charge in [-0.25, -0.2) is 0 Å². The number of hydrogen-bond acceptors (Lipinski definition) is 6. The molecule has 0 aliphatic rings. The topological polar surface area (TPSA) is 78.9 Å². The fraction of sp³-hybridized carbons (Fsp3) is 0.940. The Morgan fingerprint density at radius 3 is 0.875 bits per heavy atom. The minimum Gasteiger partial charge on any atom is -0.462 e. The van der Waals surface area contributed by atoms with Gasteiger partial charge in [0.25, 0.3) is 0 Å². The van der Waals surface area contributed by atoms with Crippen molar-refractivity contribution in [3.8, 4) is 0 Å². The molecule has 0 bridgehead atoms. The second-order valence-corrected chi connectivity index (χ2v) is 17.6. The molecule has 0 heterocycles. The molecule has 0 fully saturated rings. The van der Waals surface area contributed by atoms with E-state index in [1.807, 2.05) is 0 Å². The van der Waals surface area contributed by atoms with E-state index >= 15 is 0 Å². The highest BCUT2D eigenvalue weighted by Crippen LogP contribution is 2.17. The summed E-state index contributed by atoms with van der Waals surface area (Å²) in [6.45, 7) is 8.95. The van der Waals surface area contributed by atoms with Crippen LogP contribution in [0, 0.1) is 5.92 Å². The average molecular weight is 793 g/mol. The summed E-state index contributed by atoms with van der Waals surface area (Å²) in [6, 6.07) is 0. The Balaban J connectivity index is 4.12. The molecule has 0 aliphatic heterocycles. The van der Waals surface area contributed by atoms with Gasteiger partial charge in [-0.05, 0) is 25.2 Å². The number of unbranched alkanes of at least 4 members (excludes halogenated alkanes) is 32. The van der Waals surface area contributed by atoms with Crippen LogP contribution in [0.5, 0.6) is 0 Å². The number of carbonyl (C=O) groups excluding carboxylic acids is 3. The predicted octanol–water partition coefficient (Wildman–Crippen LogP) is 15.9. The highest BCUT2D eigenvalue weighted by Gasteiger charge is 2.19. The van der Waals surface area contributed by atoms with Gasteiger partial charge in [0.15, 0.2) is 6.10 Å². The van der Waals surface area contributed by atoms with E-state index in [4.69, 9.17) is 14.2 Å². The second-order valence-electron chi connectivity index (χ2n) is 17.6. The van der Waals surface area contributed by atoms with Crippen molar-refractivity contribution in [2.45, 2.75) is 284 Å². The molecule has 0 saturated heterocycles. The van der Waals surface area contributed by atoms with E-state index in [0.717, 1.165) is 70.1 Å². The molecule has 0 aromatic rings. The summed E-state index contributed by atoms with van der Waals surface area (Å²) in [4.78, 5) is 37.6. The standard InChI is InChI=1S/C50H96O6/c1-5-7-9-11-12-13-14-15-16-17-22-25-28-31-35-39-43-50(53)56-47(44-54-48(51)41-37-32-10-8-6-2)45-55-49(52)42-38-34-30-27-24-21-19-18-20-23-26-29-33-36-40-46(3)4/h46-47H,5-45H2,1-4H3/t47-/m1/s1. The van der Waals surface area contributed by atoms with Gasteiger partial charge in [0.2, 0.25) is 0 Å². The van der Waals surface area contributed by atoms with Crippen molar-refractivity contribution in [2.75, 3.05) is 13.2 Å². The maximum absolute atomic E-state index is 12.7. The van der Waals surface area contributed by atoms with Crippen LogP contribution in [-0.4, -0.2) is 37.2 Å². The Bertz CT molecular complexity index is 841. The first-order valence-electron chi connectivity index (χ1n) is 24.9. The first-order chi connectivity index (χ1) is 27.4. The van der Waals surface area contributed by atoms with E-state index < -0.39 is 6.10 Å². The molecule has 56 heavy (non-hydrogen) atoms. The van der Waals surface area contributed by atoms with Crippen LogP contribution in [0.15, 0.2) is 0 Å². The van der Waals surface area contributed by atoms with Gasteiger partial charge in [-0.1, -0.05) is 240 Å². The fourth-order valence-corrected chi connectivity index (χ4v) is 7.51. The van der Waals surface area contributed by atoms with Gasteiger partial charge in [-0.2, -0.15) is 0 Å². The Morgan fingerprint density at radius 1 is 0.339 bits per heavy atom. The lowest BCUT2D eigenvalue weighted by atomic mass is 10.0. The van der Waals surface area contributed by atoms with Crippen molar-refractivity contribution < 1.29 is 28.6 Å². The van der Waals surface area contributed by atoms with Crippen molar-refractivity contribution in [3.63, 3.8) is 0 Å². The zero-order chi connectivity index (χ0) is 41.0. The van der Waals surface area contributed by atoms with E-state index in [9.17, 15) is 14.4 Å². The summed E-state index contributed by atoms with van der Waals surface area (Å²) in [6.07, 6.45) is 45.5. The summed E-state index contributed by atoms with van der Waals surface area (Å²) in [7, 11) is 0. The van der Waals surface area contributed by atoms with E-state index in [1.165, 1.54) is 167 Å². The maximum atomic E-state index is 12.7. The van der Waals surface area contributed by atoms with Gasteiger partial charge < -0.3 is 14.2 Å². The van der Waals surface area contributed by atoms with Crippen molar-refractivity contribution in [2.24, 2.45) is 5.92 Å². The lowest BCUT2D eigenvalue weighted by Gasteiger charge is -2.18. The summed E-state index contributed by atoms with van der Waals surface area (Å²) in [5, 5.41) is 0. The minimum atomic E-state index is -0.758. The van der Waals surface area contributed by atoms with Crippen LogP contribution < -0.4 is 0 Å². The quantitative estimate of drug-likeness (QED) is 0.0347. The average Bonchev–Trinajstić information content (AvgIpc) is 3.18. The van der Waals surface area contributed by atoms with Gasteiger partial charge in [-0.15, -0.1) is 0 Å². The number of carbonyl (C=O) groups is 3. The molecule has 6 nitrogen and oxygen atoms in total. The van der Waals surface area contributed by atoms with Crippen LogP contribution in [0.4, 0.5) is 0 Å². The second kappa shape index (κ2) is 44.5. The molecule has 1 atom stereocenters. The first kappa shape index (κ1) is 54.4. The Kier molecular flexibility index (Phi) is 43.2. The minimum absolute atomic E-state index is 0.0640. The summed E-state index contributed by atoms with van der Waals surface area (Å²) >= 11 is 0. The van der Waals surface area contributed by atoms with Crippen LogP contribution >= 0.6 is 0 Å². The highest BCUT2D eigenvalue weighted by molar-refractivity contribution is 5.71. The zero-order valence-electron chi connectivity index (χ0n) is 38.1. The van der Waals surface area contributed by atoms with E-state index in [1.54, 1.807) is 0 Å². The molecule has 0 spiro atoms. The number of hydrogen-bond donors (Lipinski definition) is 0. The van der Waals surface area contributed by atoms with Crippen LogP contribution in [0.3, 0.4) is 0 Å². The molecule has 0 radical (unpaired) electrons. The first-order valence-corrected chi connectivity index (χ1v) is 24.9. The number of esters is 3. The third kappa shape index (κ3) is 43.5.